The minimum absolute atomic E-state index is 0.0729. The van der Waals surface area contributed by atoms with Crippen LogP contribution >= 0.6 is 0 Å². The fourth-order valence-corrected chi connectivity index (χ4v) is 0.918. The van der Waals surface area contributed by atoms with Crippen LogP contribution in [0.5, 0.6) is 0 Å². The van der Waals surface area contributed by atoms with Crippen LogP contribution < -0.4 is 5.32 Å². The zero-order chi connectivity index (χ0) is 10.3. The fourth-order valence-electron chi connectivity index (χ4n) is 0.918. The van der Waals surface area contributed by atoms with Crippen LogP contribution in [-0.2, 0) is 4.79 Å². The van der Waals surface area contributed by atoms with Crippen molar-refractivity contribution in [1.29, 1.82) is 0 Å². The summed E-state index contributed by atoms with van der Waals surface area (Å²) in [6, 6.07) is 0. The number of nitrogens with one attached hydrogen (secondary N) is 1. The second kappa shape index (κ2) is 5.60. The summed E-state index contributed by atoms with van der Waals surface area (Å²) in [4.78, 5) is 11.0. The van der Waals surface area contributed by atoms with E-state index in [-0.39, 0.29) is 18.9 Å². The molecule has 74 valence electrons. The maximum Gasteiger partial charge on any atom is 0.232 e. The molecule has 13 heavy (non-hydrogen) atoms. The van der Waals surface area contributed by atoms with Gasteiger partial charge in [0, 0.05) is 6.54 Å². The van der Waals surface area contributed by atoms with Crippen LogP contribution in [0.25, 0.3) is 0 Å². The Morgan fingerprint density at radius 1 is 1.54 bits per heavy atom. The summed E-state index contributed by atoms with van der Waals surface area (Å²) in [6.07, 6.45) is 6.28. The van der Waals surface area contributed by atoms with E-state index in [9.17, 15) is 9.90 Å². The molecule has 0 aromatic heterocycles. The molecule has 0 aromatic rings. The van der Waals surface area contributed by atoms with E-state index < -0.39 is 5.60 Å². The number of carbonyl (C=O) groups is 1. The Morgan fingerprint density at radius 3 is 2.46 bits per heavy atom. The minimum Gasteiger partial charge on any atom is -0.388 e. The number of rotatable bonds is 5. The van der Waals surface area contributed by atoms with E-state index in [1.165, 1.54) is 0 Å². The largest absolute Gasteiger partial charge is 0.388 e. The third-order valence-electron chi connectivity index (χ3n) is 2.19. The SMILES string of the molecule is C#CCC(=O)NCC(O)(CC)CC. The van der Waals surface area contributed by atoms with Crippen molar-refractivity contribution in [3.8, 4) is 12.3 Å². The number of amides is 1. The van der Waals surface area contributed by atoms with Gasteiger partial charge in [0.2, 0.25) is 5.91 Å². The van der Waals surface area contributed by atoms with Crippen molar-refractivity contribution in [3.05, 3.63) is 0 Å². The highest BCUT2D eigenvalue weighted by Gasteiger charge is 2.22. The topological polar surface area (TPSA) is 49.3 Å². The quantitative estimate of drug-likeness (QED) is 0.616. The molecule has 0 saturated heterocycles. The maximum atomic E-state index is 11.0. The third kappa shape index (κ3) is 4.54. The predicted molar refractivity (Wildman–Crippen MR) is 52.0 cm³/mol. The highest BCUT2D eigenvalue weighted by atomic mass is 16.3. The molecule has 0 aliphatic heterocycles. The second-order valence-electron chi connectivity index (χ2n) is 3.09. The van der Waals surface area contributed by atoms with Crippen molar-refractivity contribution < 1.29 is 9.90 Å². The van der Waals surface area contributed by atoms with Crippen molar-refractivity contribution in [2.45, 2.75) is 38.7 Å². The Morgan fingerprint density at radius 2 is 2.08 bits per heavy atom. The van der Waals surface area contributed by atoms with Crippen molar-refractivity contribution in [2.24, 2.45) is 0 Å². The average molecular weight is 183 g/mol. The predicted octanol–water partition coefficient (Wildman–Crippen LogP) is 0.677. The van der Waals surface area contributed by atoms with Crippen LogP contribution in [0.2, 0.25) is 0 Å². The lowest BCUT2D eigenvalue weighted by Gasteiger charge is -2.25. The summed E-state index contributed by atoms with van der Waals surface area (Å²) in [5.74, 6) is 2.04. The highest BCUT2D eigenvalue weighted by molar-refractivity contribution is 5.78. The molecule has 0 aliphatic carbocycles. The smallest absolute Gasteiger partial charge is 0.232 e. The van der Waals surface area contributed by atoms with Crippen LogP contribution in [0.1, 0.15) is 33.1 Å². The summed E-state index contributed by atoms with van der Waals surface area (Å²) < 4.78 is 0. The Labute approximate surface area is 79.5 Å². The van der Waals surface area contributed by atoms with Gasteiger partial charge in [-0.2, -0.15) is 0 Å². The van der Waals surface area contributed by atoms with E-state index in [1.54, 1.807) is 0 Å². The van der Waals surface area contributed by atoms with E-state index in [4.69, 9.17) is 6.42 Å². The number of terminal acetylenes is 1. The Bertz CT molecular complexity index is 201. The molecule has 0 heterocycles. The first-order chi connectivity index (χ1) is 6.08. The lowest BCUT2D eigenvalue weighted by Crippen LogP contribution is -2.41. The van der Waals surface area contributed by atoms with Crippen LogP contribution in [0.15, 0.2) is 0 Å². The van der Waals surface area contributed by atoms with Gasteiger partial charge < -0.3 is 10.4 Å². The van der Waals surface area contributed by atoms with Crippen LogP contribution in [-0.4, -0.2) is 23.2 Å². The van der Waals surface area contributed by atoms with Crippen molar-refractivity contribution in [2.75, 3.05) is 6.54 Å². The lowest BCUT2D eigenvalue weighted by atomic mass is 9.97. The molecule has 0 rings (SSSR count). The molecule has 3 nitrogen and oxygen atoms in total. The summed E-state index contributed by atoms with van der Waals surface area (Å²) in [7, 11) is 0. The first-order valence-electron chi connectivity index (χ1n) is 4.50. The summed E-state index contributed by atoms with van der Waals surface area (Å²) in [6.45, 7) is 4.05. The summed E-state index contributed by atoms with van der Waals surface area (Å²) >= 11 is 0. The molecule has 0 fully saturated rings. The summed E-state index contributed by atoms with van der Waals surface area (Å²) in [5.41, 5.74) is -0.787. The van der Waals surface area contributed by atoms with Gasteiger partial charge in [0.15, 0.2) is 0 Å². The van der Waals surface area contributed by atoms with Gasteiger partial charge in [-0.05, 0) is 12.8 Å². The van der Waals surface area contributed by atoms with E-state index in [0.29, 0.717) is 12.8 Å². The standard InChI is InChI=1S/C10H17NO2/c1-4-7-9(12)11-8-10(13,5-2)6-3/h1,13H,5-8H2,2-3H3,(H,11,12). The first kappa shape index (κ1) is 12.0. The number of aliphatic hydroxyl groups is 1. The molecule has 0 aliphatic rings. The normalized spacial score (nSPS) is 10.6. The van der Waals surface area contributed by atoms with Gasteiger partial charge in [-0.1, -0.05) is 19.8 Å². The maximum absolute atomic E-state index is 11.0. The zero-order valence-corrected chi connectivity index (χ0v) is 8.26. The average Bonchev–Trinajstić information content (AvgIpc) is 2.15. The molecule has 0 atom stereocenters. The van der Waals surface area contributed by atoms with Crippen molar-refractivity contribution in [3.63, 3.8) is 0 Å². The van der Waals surface area contributed by atoms with Crippen molar-refractivity contribution in [1.82, 2.24) is 5.32 Å². The Kier molecular flexibility index (Phi) is 5.17. The van der Waals surface area contributed by atoms with Gasteiger partial charge >= 0.3 is 0 Å². The molecule has 3 heteroatoms. The Balaban J connectivity index is 3.87. The third-order valence-corrected chi connectivity index (χ3v) is 2.19. The van der Waals surface area contributed by atoms with E-state index in [1.807, 2.05) is 13.8 Å². The molecule has 0 radical (unpaired) electrons. The van der Waals surface area contributed by atoms with Crippen LogP contribution in [0, 0.1) is 12.3 Å². The molecular weight excluding hydrogens is 166 g/mol. The number of hydrogen-bond donors (Lipinski definition) is 2. The highest BCUT2D eigenvalue weighted by Crippen LogP contribution is 2.12. The molecular formula is C10H17NO2. The molecule has 0 aromatic carbocycles. The monoisotopic (exact) mass is 183 g/mol. The molecule has 0 spiro atoms. The van der Waals surface area contributed by atoms with E-state index in [0.717, 1.165) is 0 Å². The number of hydrogen-bond acceptors (Lipinski definition) is 2. The molecule has 0 saturated carbocycles. The summed E-state index contributed by atoms with van der Waals surface area (Å²) in [5, 5.41) is 12.4. The van der Waals surface area contributed by atoms with Gasteiger partial charge in [0.05, 0.1) is 12.0 Å². The number of carbonyl (C=O) groups excluding carboxylic acids is 1. The Hall–Kier alpha value is -1.01. The van der Waals surface area contributed by atoms with Gasteiger partial charge in [-0.3, -0.25) is 4.79 Å². The molecule has 0 bridgehead atoms. The van der Waals surface area contributed by atoms with Gasteiger partial charge in [-0.15, -0.1) is 6.42 Å². The molecule has 2 N–H and O–H groups in total. The van der Waals surface area contributed by atoms with Gasteiger partial charge in [-0.25, -0.2) is 0 Å². The molecule has 0 unspecified atom stereocenters. The van der Waals surface area contributed by atoms with E-state index >= 15 is 0 Å². The van der Waals surface area contributed by atoms with Gasteiger partial charge in [0.25, 0.3) is 0 Å². The minimum atomic E-state index is -0.787. The van der Waals surface area contributed by atoms with E-state index in [2.05, 4.69) is 11.2 Å². The van der Waals surface area contributed by atoms with Gasteiger partial charge in [0.1, 0.15) is 0 Å². The fraction of sp³-hybridized carbons (Fsp3) is 0.700. The molecule has 1 amide bonds. The van der Waals surface area contributed by atoms with Crippen LogP contribution in [0.4, 0.5) is 0 Å². The second-order valence-corrected chi connectivity index (χ2v) is 3.09. The lowest BCUT2D eigenvalue weighted by molar-refractivity contribution is -0.121. The van der Waals surface area contributed by atoms with Crippen molar-refractivity contribution >= 4 is 5.91 Å². The van der Waals surface area contributed by atoms with Crippen LogP contribution in [0.3, 0.4) is 0 Å². The first-order valence-corrected chi connectivity index (χ1v) is 4.50. The zero-order valence-electron chi connectivity index (χ0n) is 8.26.